The molecule has 0 radical (unpaired) electrons. The monoisotopic (exact) mass is 345 g/mol. The van der Waals surface area contributed by atoms with E-state index in [-0.39, 0.29) is 5.91 Å². The van der Waals surface area contributed by atoms with Gasteiger partial charge in [0.2, 0.25) is 0 Å². The number of aromatic nitrogens is 2. The quantitative estimate of drug-likeness (QED) is 0.560. The molecule has 128 valence electrons. The van der Waals surface area contributed by atoms with Gasteiger partial charge in [-0.25, -0.2) is 4.98 Å². The Labute approximate surface area is 147 Å². The predicted molar refractivity (Wildman–Crippen MR) is 96.2 cm³/mol. The van der Waals surface area contributed by atoms with Gasteiger partial charge in [-0.1, -0.05) is 17.3 Å². The number of rotatable bonds is 7. The summed E-state index contributed by atoms with van der Waals surface area (Å²) in [4.78, 5) is 19.0. The largest absolute Gasteiger partial charge is 0.361 e. The van der Waals surface area contributed by atoms with Gasteiger partial charge in [0.15, 0.2) is 0 Å². The maximum Gasteiger partial charge on any atom is 0.256 e. The standard InChI is InChI=1S/C18H23N3O2S/c1-6-21(10-12(2)3)18(22)15-8-7-9-19-17(15)24-11-16-13(4)20-23-14(16)5/h7-9H,2,6,10-11H2,1,3-5H3. The second-order valence-corrected chi connectivity index (χ2v) is 6.69. The van der Waals surface area contributed by atoms with E-state index in [1.54, 1.807) is 17.2 Å². The van der Waals surface area contributed by atoms with Crippen molar-refractivity contribution in [2.75, 3.05) is 13.1 Å². The molecular formula is C18H23N3O2S. The van der Waals surface area contributed by atoms with Gasteiger partial charge in [-0.2, -0.15) is 0 Å². The van der Waals surface area contributed by atoms with E-state index >= 15 is 0 Å². The van der Waals surface area contributed by atoms with Crippen molar-refractivity contribution in [3.63, 3.8) is 0 Å². The first-order chi connectivity index (χ1) is 11.4. The van der Waals surface area contributed by atoms with Crippen LogP contribution in [0.5, 0.6) is 0 Å². The molecule has 6 heteroatoms. The number of likely N-dealkylation sites (N-methyl/N-ethyl adjacent to an activating group) is 1. The second kappa shape index (κ2) is 8.15. The van der Waals surface area contributed by atoms with E-state index < -0.39 is 0 Å². The van der Waals surface area contributed by atoms with Gasteiger partial charge in [0.25, 0.3) is 5.91 Å². The Balaban J connectivity index is 2.20. The molecule has 2 aromatic rings. The number of hydrogen-bond donors (Lipinski definition) is 0. The summed E-state index contributed by atoms with van der Waals surface area (Å²) in [5.41, 5.74) is 3.51. The van der Waals surface area contributed by atoms with Gasteiger partial charge in [-0.15, -0.1) is 11.8 Å². The highest BCUT2D eigenvalue weighted by molar-refractivity contribution is 7.98. The molecule has 2 heterocycles. The van der Waals surface area contributed by atoms with E-state index in [2.05, 4.69) is 16.7 Å². The van der Waals surface area contributed by atoms with Gasteiger partial charge in [0.05, 0.1) is 11.3 Å². The lowest BCUT2D eigenvalue weighted by molar-refractivity contribution is 0.0774. The van der Waals surface area contributed by atoms with Crippen LogP contribution in [0.25, 0.3) is 0 Å². The van der Waals surface area contributed by atoms with Gasteiger partial charge in [-0.3, -0.25) is 4.79 Å². The van der Waals surface area contributed by atoms with Crippen LogP contribution in [0.15, 0.2) is 40.0 Å². The number of pyridine rings is 1. The van der Waals surface area contributed by atoms with Crippen molar-refractivity contribution in [1.82, 2.24) is 15.0 Å². The summed E-state index contributed by atoms with van der Waals surface area (Å²) < 4.78 is 5.19. The molecule has 0 saturated carbocycles. The summed E-state index contributed by atoms with van der Waals surface area (Å²) in [6.07, 6.45) is 1.71. The van der Waals surface area contributed by atoms with Crippen molar-refractivity contribution in [2.24, 2.45) is 0 Å². The van der Waals surface area contributed by atoms with E-state index in [0.29, 0.717) is 24.4 Å². The highest BCUT2D eigenvalue weighted by Gasteiger charge is 2.19. The van der Waals surface area contributed by atoms with Crippen LogP contribution in [0.4, 0.5) is 0 Å². The van der Waals surface area contributed by atoms with Crippen molar-refractivity contribution in [3.05, 3.63) is 53.1 Å². The molecule has 0 aliphatic rings. The molecule has 24 heavy (non-hydrogen) atoms. The van der Waals surface area contributed by atoms with Crippen molar-refractivity contribution < 1.29 is 9.32 Å². The average Bonchev–Trinajstić information content (AvgIpc) is 2.88. The van der Waals surface area contributed by atoms with Crippen LogP contribution < -0.4 is 0 Å². The molecule has 2 rings (SSSR count). The zero-order chi connectivity index (χ0) is 17.7. The van der Waals surface area contributed by atoms with Crippen molar-refractivity contribution in [2.45, 2.75) is 38.5 Å². The molecule has 0 N–H and O–H groups in total. The number of nitrogens with zero attached hydrogens (tertiary/aromatic N) is 3. The lowest BCUT2D eigenvalue weighted by atomic mass is 10.2. The lowest BCUT2D eigenvalue weighted by Crippen LogP contribution is -2.32. The Morgan fingerprint density at radius 3 is 2.75 bits per heavy atom. The molecule has 0 atom stereocenters. The fourth-order valence-electron chi connectivity index (χ4n) is 2.34. The number of aryl methyl sites for hydroxylation is 2. The first-order valence-electron chi connectivity index (χ1n) is 7.87. The lowest BCUT2D eigenvalue weighted by Gasteiger charge is -2.21. The van der Waals surface area contributed by atoms with Gasteiger partial charge in [-0.05, 0) is 39.8 Å². The first kappa shape index (κ1) is 18.3. The Hall–Kier alpha value is -2.08. The summed E-state index contributed by atoms with van der Waals surface area (Å²) >= 11 is 1.53. The van der Waals surface area contributed by atoms with E-state index in [1.807, 2.05) is 33.8 Å². The fraction of sp³-hybridized carbons (Fsp3) is 0.389. The minimum Gasteiger partial charge on any atom is -0.361 e. The maximum atomic E-state index is 12.8. The topological polar surface area (TPSA) is 59.2 Å². The summed E-state index contributed by atoms with van der Waals surface area (Å²) in [6.45, 7) is 12.8. The third kappa shape index (κ3) is 4.26. The maximum absolute atomic E-state index is 12.8. The molecule has 2 aromatic heterocycles. The van der Waals surface area contributed by atoms with E-state index in [0.717, 1.165) is 27.6 Å². The SMILES string of the molecule is C=C(C)CN(CC)C(=O)c1cccnc1SCc1c(C)noc1C. The highest BCUT2D eigenvalue weighted by atomic mass is 32.2. The highest BCUT2D eigenvalue weighted by Crippen LogP contribution is 2.27. The first-order valence-corrected chi connectivity index (χ1v) is 8.85. The molecule has 0 unspecified atom stereocenters. The predicted octanol–water partition coefficient (Wildman–Crippen LogP) is 4.02. The van der Waals surface area contributed by atoms with Crippen LogP contribution in [0.3, 0.4) is 0 Å². The average molecular weight is 345 g/mol. The fourth-order valence-corrected chi connectivity index (χ4v) is 3.48. The smallest absolute Gasteiger partial charge is 0.256 e. The summed E-state index contributed by atoms with van der Waals surface area (Å²) in [5, 5.41) is 4.69. The molecule has 0 fully saturated rings. The van der Waals surface area contributed by atoms with Crippen LogP contribution in [-0.2, 0) is 5.75 Å². The number of thioether (sulfide) groups is 1. The molecule has 0 spiro atoms. The third-order valence-electron chi connectivity index (χ3n) is 3.67. The van der Waals surface area contributed by atoms with Crippen LogP contribution in [0.2, 0.25) is 0 Å². The molecule has 0 bridgehead atoms. The number of carbonyl (C=O) groups excluding carboxylic acids is 1. The molecule has 0 aliphatic heterocycles. The van der Waals surface area contributed by atoms with Gasteiger partial charge in [0, 0.05) is 30.6 Å². The normalized spacial score (nSPS) is 10.7. The molecular weight excluding hydrogens is 322 g/mol. The molecule has 1 amide bonds. The van der Waals surface area contributed by atoms with Gasteiger partial charge < -0.3 is 9.42 Å². The second-order valence-electron chi connectivity index (χ2n) is 5.72. The Kier molecular flexibility index (Phi) is 6.20. The van der Waals surface area contributed by atoms with Crippen molar-refractivity contribution in [1.29, 1.82) is 0 Å². The molecule has 5 nitrogen and oxygen atoms in total. The van der Waals surface area contributed by atoms with Crippen molar-refractivity contribution >= 4 is 17.7 Å². The van der Waals surface area contributed by atoms with Crippen LogP contribution in [0.1, 0.15) is 41.2 Å². The van der Waals surface area contributed by atoms with Crippen LogP contribution in [0, 0.1) is 13.8 Å². The van der Waals surface area contributed by atoms with Crippen LogP contribution in [-0.4, -0.2) is 34.0 Å². The Morgan fingerprint density at radius 1 is 1.42 bits per heavy atom. The zero-order valence-corrected chi connectivity index (χ0v) is 15.4. The van der Waals surface area contributed by atoms with E-state index in [4.69, 9.17) is 4.52 Å². The van der Waals surface area contributed by atoms with E-state index in [9.17, 15) is 4.79 Å². The molecule has 0 saturated heterocycles. The third-order valence-corrected chi connectivity index (χ3v) is 4.70. The minimum absolute atomic E-state index is 0.0186. The summed E-state index contributed by atoms with van der Waals surface area (Å²) in [5.74, 6) is 1.46. The number of carbonyl (C=O) groups is 1. The summed E-state index contributed by atoms with van der Waals surface area (Å²) in [7, 11) is 0. The zero-order valence-electron chi connectivity index (χ0n) is 14.6. The Morgan fingerprint density at radius 2 is 2.17 bits per heavy atom. The van der Waals surface area contributed by atoms with Gasteiger partial charge in [0.1, 0.15) is 10.8 Å². The molecule has 0 aromatic carbocycles. The van der Waals surface area contributed by atoms with Crippen LogP contribution >= 0.6 is 11.8 Å². The van der Waals surface area contributed by atoms with E-state index in [1.165, 1.54) is 11.8 Å². The Bertz CT molecular complexity index is 720. The number of amides is 1. The number of hydrogen-bond acceptors (Lipinski definition) is 5. The molecule has 0 aliphatic carbocycles. The summed E-state index contributed by atoms with van der Waals surface area (Å²) in [6, 6.07) is 3.62. The minimum atomic E-state index is -0.0186. The van der Waals surface area contributed by atoms with Crippen molar-refractivity contribution in [3.8, 4) is 0 Å². The van der Waals surface area contributed by atoms with Gasteiger partial charge >= 0.3 is 0 Å².